The second-order valence-electron chi connectivity index (χ2n) is 8.78. The number of nitrogens with one attached hydrogen (secondary N) is 4. The molecular formula is C26H35N5O3. The predicted octanol–water partition coefficient (Wildman–Crippen LogP) is 3.05. The lowest BCUT2D eigenvalue weighted by molar-refractivity contribution is -0.146. The molecule has 1 aliphatic heterocycles. The number of para-hydroxylation sites is 1. The number of amidine groups is 1. The highest BCUT2D eigenvalue weighted by Crippen LogP contribution is 2.30. The minimum absolute atomic E-state index is 0.0619. The summed E-state index contributed by atoms with van der Waals surface area (Å²) in [7, 11) is 1.69. The van der Waals surface area contributed by atoms with E-state index in [9.17, 15) is 4.79 Å². The van der Waals surface area contributed by atoms with Crippen LogP contribution in [0.25, 0.3) is 0 Å². The van der Waals surface area contributed by atoms with Gasteiger partial charge in [-0.3, -0.25) is 10.2 Å². The van der Waals surface area contributed by atoms with Gasteiger partial charge >= 0.3 is 0 Å². The Bertz CT molecular complexity index is 958. The zero-order chi connectivity index (χ0) is 23.8. The van der Waals surface area contributed by atoms with Crippen molar-refractivity contribution in [1.82, 2.24) is 10.2 Å². The molecule has 1 saturated carbocycles. The number of hydrogen-bond acceptors (Lipinski definition) is 6. The summed E-state index contributed by atoms with van der Waals surface area (Å²) in [6.45, 7) is 3.85. The highest BCUT2D eigenvalue weighted by atomic mass is 16.5. The molecule has 0 spiro atoms. The van der Waals surface area contributed by atoms with Crippen LogP contribution in [0.5, 0.6) is 0 Å². The lowest BCUT2D eigenvalue weighted by Crippen LogP contribution is -2.49. The smallest absolute Gasteiger partial charge is 0.253 e. The Labute approximate surface area is 201 Å². The van der Waals surface area contributed by atoms with Crippen molar-refractivity contribution in [1.29, 1.82) is 5.41 Å². The minimum Gasteiger partial charge on any atom is -0.385 e. The third kappa shape index (κ3) is 6.56. The number of morpholine rings is 1. The van der Waals surface area contributed by atoms with Crippen molar-refractivity contribution in [3.8, 4) is 0 Å². The van der Waals surface area contributed by atoms with Gasteiger partial charge in [0.25, 0.3) is 5.91 Å². The molecule has 1 aliphatic carbocycles. The molecule has 4 N–H and O–H groups in total. The molecule has 2 fully saturated rings. The van der Waals surface area contributed by atoms with Crippen LogP contribution in [-0.2, 0) is 20.8 Å². The van der Waals surface area contributed by atoms with Gasteiger partial charge in [0.2, 0.25) is 0 Å². The van der Waals surface area contributed by atoms with Gasteiger partial charge in [-0.1, -0.05) is 24.3 Å². The van der Waals surface area contributed by atoms with E-state index in [2.05, 4.69) is 22.0 Å². The molecule has 8 heteroatoms. The standard InChI is InChI=1S/C26H35N5O3/c1-33-14-5-12-29-23-16-19(8-11-22(23)25(27)30-20-6-3-2-4-7-20)18-31(21-9-10-21)26(32)24-17-28-13-15-34-24/h2-4,6-8,11,16,21,24,28-29H,5,9-10,12-15,17-18H2,1H3,(H2,27,30)/t24-/m1/s1. The van der Waals surface area contributed by atoms with Crippen LogP contribution in [-0.4, -0.2) is 68.7 Å². The van der Waals surface area contributed by atoms with Crippen molar-refractivity contribution in [2.24, 2.45) is 0 Å². The molecule has 34 heavy (non-hydrogen) atoms. The lowest BCUT2D eigenvalue weighted by atomic mass is 10.1. The number of rotatable bonds is 11. The van der Waals surface area contributed by atoms with Crippen molar-refractivity contribution >= 4 is 23.1 Å². The van der Waals surface area contributed by atoms with Crippen LogP contribution in [0.1, 0.15) is 30.4 Å². The number of anilines is 2. The number of hydrogen-bond donors (Lipinski definition) is 4. The molecule has 0 unspecified atom stereocenters. The van der Waals surface area contributed by atoms with E-state index in [4.69, 9.17) is 14.9 Å². The van der Waals surface area contributed by atoms with Crippen LogP contribution in [0.3, 0.4) is 0 Å². The Morgan fingerprint density at radius 3 is 2.76 bits per heavy atom. The van der Waals surface area contributed by atoms with Crippen molar-refractivity contribution in [3.05, 3.63) is 59.7 Å². The average molecular weight is 466 g/mol. The first-order valence-corrected chi connectivity index (χ1v) is 12.0. The zero-order valence-corrected chi connectivity index (χ0v) is 19.8. The summed E-state index contributed by atoms with van der Waals surface area (Å²) in [6.07, 6.45) is 2.52. The first kappa shape index (κ1) is 24.2. The molecule has 182 valence electrons. The molecule has 2 aromatic rings. The van der Waals surface area contributed by atoms with Gasteiger partial charge in [-0.25, -0.2) is 0 Å². The number of methoxy groups -OCH3 is 1. The lowest BCUT2D eigenvalue weighted by Gasteiger charge is -2.30. The summed E-state index contributed by atoms with van der Waals surface area (Å²) < 4.78 is 10.9. The van der Waals surface area contributed by atoms with Crippen molar-refractivity contribution in [2.45, 2.75) is 38.0 Å². The Hall–Kier alpha value is -2.94. The molecule has 1 atom stereocenters. The van der Waals surface area contributed by atoms with E-state index in [1.165, 1.54) is 0 Å². The first-order chi connectivity index (χ1) is 16.7. The molecule has 0 aromatic heterocycles. The van der Waals surface area contributed by atoms with Gasteiger partial charge in [0.05, 0.1) is 6.61 Å². The summed E-state index contributed by atoms with van der Waals surface area (Å²) in [5, 5.41) is 18.6. The van der Waals surface area contributed by atoms with Crippen molar-refractivity contribution in [3.63, 3.8) is 0 Å². The fourth-order valence-corrected chi connectivity index (χ4v) is 4.11. The SMILES string of the molecule is COCCCNc1cc(CN(C(=O)[C@H]2CNCCO2)C2CC2)ccc1C(=N)Nc1ccccc1. The molecule has 4 rings (SSSR count). The fourth-order valence-electron chi connectivity index (χ4n) is 4.11. The molecule has 2 aromatic carbocycles. The van der Waals surface area contributed by atoms with Gasteiger partial charge in [0.15, 0.2) is 0 Å². The molecule has 0 bridgehead atoms. The Morgan fingerprint density at radius 2 is 2.06 bits per heavy atom. The van der Waals surface area contributed by atoms with Gasteiger partial charge in [-0.05, 0) is 49.1 Å². The molecule has 1 amide bonds. The van der Waals surface area contributed by atoms with E-state index >= 15 is 0 Å². The maximum Gasteiger partial charge on any atom is 0.253 e. The quantitative estimate of drug-likeness (QED) is 0.231. The van der Waals surface area contributed by atoms with E-state index in [0.717, 1.165) is 54.9 Å². The third-order valence-corrected chi connectivity index (χ3v) is 6.06. The third-order valence-electron chi connectivity index (χ3n) is 6.06. The Morgan fingerprint density at radius 1 is 1.24 bits per heavy atom. The maximum absolute atomic E-state index is 13.2. The van der Waals surface area contributed by atoms with Crippen LogP contribution in [0.4, 0.5) is 11.4 Å². The average Bonchev–Trinajstić information content (AvgIpc) is 3.71. The van der Waals surface area contributed by atoms with Gasteiger partial charge in [-0.2, -0.15) is 0 Å². The Kier molecular flexibility index (Phi) is 8.51. The molecular weight excluding hydrogens is 430 g/mol. The van der Waals surface area contributed by atoms with E-state index in [1.54, 1.807) is 7.11 Å². The van der Waals surface area contributed by atoms with Gasteiger partial charge in [-0.15, -0.1) is 0 Å². The van der Waals surface area contributed by atoms with Crippen molar-refractivity contribution < 1.29 is 14.3 Å². The Balaban J connectivity index is 1.51. The highest BCUT2D eigenvalue weighted by molar-refractivity contribution is 6.09. The van der Waals surface area contributed by atoms with Gasteiger partial charge < -0.3 is 30.3 Å². The fraction of sp³-hybridized carbons (Fsp3) is 0.462. The molecule has 1 heterocycles. The molecule has 2 aliphatic rings. The van der Waals surface area contributed by atoms with Crippen LogP contribution in [0, 0.1) is 5.41 Å². The van der Waals surface area contributed by atoms with Gasteiger partial charge in [0.1, 0.15) is 11.9 Å². The van der Waals surface area contributed by atoms with Crippen LogP contribution < -0.4 is 16.0 Å². The predicted molar refractivity (Wildman–Crippen MR) is 134 cm³/mol. The molecule has 1 saturated heterocycles. The van der Waals surface area contributed by atoms with Crippen LogP contribution in [0.2, 0.25) is 0 Å². The molecule has 0 radical (unpaired) electrons. The van der Waals surface area contributed by atoms with Crippen LogP contribution >= 0.6 is 0 Å². The number of ether oxygens (including phenoxy) is 2. The van der Waals surface area contributed by atoms with E-state index in [-0.39, 0.29) is 11.9 Å². The maximum atomic E-state index is 13.2. The van der Waals surface area contributed by atoms with E-state index < -0.39 is 6.10 Å². The number of benzene rings is 2. The van der Waals surface area contributed by atoms with E-state index in [0.29, 0.717) is 32.1 Å². The second-order valence-corrected chi connectivity index (χ2v) is 8.78. The summed E-state index contributed by atoms with van der Waals surface area (Å²) in [5.74, 6) is 0.385. The summed E-state index contributed by atoms with van der Waals surface area (Å²) in [4.78, 5) is 15.1. The normalized spacial score (nSPS) is 17.7. The number of nitrogens with zero attached hydrogens (tertiary/aromatic N) is 1. The molecule has 8 nitrogen and oxygen atoms in total. The summed E-state index contributed by atoms with van der Waals surface area (Å²) >= 11 is 0. The van der Waals surface area contributed by atoms with Gasteiger partial charge in [0, 0.05) is 62.9 Å². The minimum atomic E-state index is -0.413. The van der Waals surface area contributed by atoms with Crippen LogP contribution in [0.15, 0.2) is 48.5 Å². The number of carbonyl (C=O) groups excluding carboxylic acids is 1. The summed E-state index contributed by atoms with van der Waals surface area (Å²) in [6, 6.07) is 16.0. The zero-order valence-electron chi connectivity index (χ0n) is 19.8. The number of carbonyl (C=O) groups is 1. The second kappa shape index (κ2) is 12.0. The summed E-state index contributed by atoms with van der Waals surface area (Å²) in [5.41, 5.74) is 3.57. The largest absolute Gasteiger partial charge is 0.385 e. The monoisotopic (exact) mass is 465 g/mol. The number of amides is 1. The van der Waals surface area contributed by atoms with E-state index in [1.807, 2.05) is 47.4 Å². The topological polar surface area (TPSA) is 98.7 Å². The van der Waals surface area contributed by atoms with Crippen molar-refractivity contribution in [2.75, 3.05) is 50.6 Å². The highest BCUT2D eigenvalue weighted by Gasteiger charge is 2.36. The first-order valence-electron chi connectivity index (χ1n) is 12.0.